The molecule has 1 fully saturated rings. The minimum absolute atomic E-state index is 0.193. The summed E-state index contributed by atoms with van der Waals surface area (Å²) in [4.78, 5) is 6.76. The Balaban J connectivity index is 2.17. The summed E-state index contributed by atoms with van der Waals surface area (Å²) < 4.78 is 7.46. The van der Waals surface area contributed by atoms with Crippen molar-refractivity contribution in [2.24, 2.45) is 5.73 Å². The number of rotatable bonds is 6. The molecule has 19 heavy (non-hydrogen) atoms. The molecular weight excluding hydrogens is 240 g/mol. The third kappa shape index (κ3) is 3.35. The zero-order chi connectivity index (χ0) is 13.7. The van der Waals surface area contributed by atoms with Crippen molar-refractivity contribution >= 4 is 0 Å². The van der Waals surface area contributed by atoms with Crippen LogP contribution in [0.25, 0.3) is 0 Å². The lowest BCUT2D eigenvalue weighted by Gasteiger charge is -2.39. The fraction of sp³-hybridized carbons (Fsp3) is 0.786. The van der Waals surface area contributed by atoms with Gasteiger partial charge in [0.2, 0.25) is 0 Å². The molecule has 2 atom stereocenters. The third-order valence-electron chi connectivity index (χ3n) is 3.88. The van der Waals surface area contributed by atoms with Gasteiger partial charge in [-0.2, -0.15) is 0 Å². The van der Waals surface area contributed by atoms with Crippen LogP contribution in [0.3, 0.4) is 0 Å². The van der Waals surface area contributed by atoms with E-state index in [0.29, 0.717) is 0 Å². The van der Waals surface area contributed by atoms with Crippen molar-refractivity contribution in [2.75, 3.05) is 26.8 Å². The van der Waals surface area contributed by atoms with Gasteiger partial charge in [-0.3, -0.25) is 4.90 Å². The number of ether oxygens (including phenoxy) is 1. The first-order chi connectivity index (χ1) is 9.27. The van der Waals surface area contributed by atoms with Gasteiger partial charge >= 0.3 is 0 Å². The number of hydrogen-bond donors (Lipinski definition) is 1. The molecule has 0 saturated carbocycles. The molecule has 2 unspecified atom stereocenters. The van der Waals surface area contributed by atoms with Gasteiger partial charge in [0.1, 0.15) is 0 Å². The molecule has 0 spiro atoms. The Kier molecular flexibility index (Phi) is 5.36. The summed E-state index contributed by atoms with van der Waals surface area (Å²) in [5.41, 5.74) is 7.63. The van der Waals surface area contributed by atoms with E-state index >= 15 is 0 Å². The summed E-state index contributed by atoms with van der Waals surface area (Å²) in [6.45, 7) is 5.99. The fourth-order valence-corrected chi connectivity index (χ4v) is 2.97. The molecule has 0 aliphatic carbocycles. The molecule has 1 aliphatic rings. The predicted molar refractivity (Wildman–Crippen MR) is 75.9 cm³/mol. The fourth-order valence-electron chi connectivity index (χ4n) is 2.97. The van der Waals surface area contributed by atoms with Crippen molar-refractivity contribution in [3.05, 3.63) is 18.2 Å². The largest absolute Gasteiger partial charge is 0.383 e. The topological polar surface area (TPSA) is 56.3 Å². The van der Waals surface area contributed by atoms with E-state index in [1.165, 1.54) is 12.1 Å². The summed E-state index contributed by atoms with van der Waals surface area (Å²) in [6, 6.07) is 0.468. The van der Waals surface area contributed by atoms with Crippen LogP contribution in [0.1, 0.15) is 37.9 Å². The highest BCUT2D eigenvalue weighted by molar-refractivity contribution is 5.10. The Bertz CT molecular complexity index is 379. The molecule has 2 heterocycles. The number of imidazole rings is 1. The van der Waals surface area contributed by atoms with E-state index in [1.807, 2.05) is 12.5 Å². The van der Waals surface area contributed by atoms with Gasteiger partial charge in [-0.1, -0.05) is 6.92 Å². The van der Waals surface area contributed by atoms with E-state index < -0.39 is 0 Å². The van der Waals surface area contributed by atoms with Gasteiger partial charge < -0.3 is 15.0 Å². The first-order valence-electron chi connectivity index (χ1n) is 7.26. The number of aromatic nitrogens is 2. The molecule has 0 radical (unpaired) electrons. The Morgan fingerprint density at radius 3 is 3.05 bits per heavy atom. The van der Waals surface area contributed by atoms with Crippen molar-refractivity contribution < 1.29 is 4.74 Å². The van der Waals surface area contributed by atoms with Crippen molar-refractivity contribution in [3.8, 4) is 0 Å². The highest BCUT2D eigenvalue weighted by atomic mass is 16.5. The SMILES string of the molecule is CCCn1cncc1C1C(N)CCCN1CCOC. The standard InChI is InChI=1S/C14H26N4O/c1-3-6-18-11-16-10-13(18)14-12(15)5-4-7-17(14)8-9-19-2/h10-12,14H,3-9,15H2,1-2H3. The second kappa shape index (κ2) is 7.03. The maximum Gasteiger partial charge on any atom is 0.0948 e. The quantitative estimate of drug-likeness (QED) is 0.845. The van der Waals surface area contributed by atoms with Gasteiger partial charge in [0.05, 0.1) is 24.7 Å². The second-order valence-electron chi connectivity index (χ2n) is 5.29. The predicted octanol–water partition coefficient (Wildman–Crippen LogP) is 1.40. The normalized spacial score (nSPS) is 24.8. The summed E-state index contributed by atoms with van der Waals surface area (Å²) >= 11 is 0. The molecule has 1 saturated heterocycles. The van der Waals surface area contributed by atoms with Gasteiger partial charge in [0, 0.05) is 32.4 Å². The smallest absolute Gasteiger partial charge is 0.0948 e. The Hall–Kier alpha value is -0.910. The van der Waals surface area contributed by atoms with E-state index in [2.05, 4.69) is 21.4 Å². The van der Waals surface area contributed by atoms with Crippen LogP contribution in [0.15, 0.2) is 12.5 Å². The van der Waals surface area contributed by atoms with Gasteiger partial charge in [-0.25, -0.2) is 4.98 Å². The molecule has 0 bridgehead atoms. The number of nitrogens with two attached hydrogens (primary N) is 1. The molecule has 5 heteroatoms. The van der Waals surface area contributed by atoms with Crippen molar-refractivity contribution in [2.45, 2.75) is 44.8 Å². The summed E-state index contributed by atoms with van der Waals surface area (Å²) in [6.07, 6.45) is 7.28. The molecule has 2 rings (SSSR count). The average Bonchev–Trinajstić information content (AvgIpc) is 2.85. The van der Waals surface area contributed by atoms with E-state index in [9.17, 15) is 0 Å². The molecular formula is C14H26N4O. The number of nitrogens with zero attached hydrogens (tertiary/aromatic N) is 3. The molecule has 1 aromatic heterocycles. The van der Waals surface area contributed by atoms with Gasteiger partial charge in [-0.05, 0) is 25.8 Å². The minimum atomic E-state index is 0.193. The lowest BCUT2D eigenvalue weighted by Crippen LogP contribution is -2.47. The maximum atomic E-state index is 6.37. The Morgan fingerprint density at radius 2 is 2.32 bits per heavy atom. The summed E-state index contributed by atoms with van der Waals surface area (Å²) in [5.74, 6) is 0. The average molecular weight is 266 g/mol. The number of likely N-dealkylation sites (tertiary alicyclic amines) is 1. The first-order valence-corrected chi connectivity index (χ1v) is 7.26. The van der Waals surface area contributed by atoms with Crippen LogP contribution < -0.4 is 5.73 Å². The molecule has 1 aliphatic heterocycles. The van der Waals surface area contributed by atoms with Crippen LogP contribution in [0, 0.1) is 0 Å². The number of methoxy groups -OCH3 is 1. The van der Waals surface area contributed by atoms with E-state index in [4.69, 9.17) is 10.5 Å². The van der Waals surface area contributed by atoms with E-state index in [1.54, 1.807) is 7.11 Å². The number of aryl methyl sites for hydroxylation is 1. The van der Waals surface area contributed by atoms with Crippen LogP contribution in [-0.2, 0) is 11.3 Å². The van der Waals surface area contributed by atoms with E-state index in [-0.39, 0.29) is 12.1 Å². The Labute approximate surface area is 115 Å². The summed E-state index contributed by atoms with van der Waals surface area (Å²) in [5, 5.41) is 0. The zero-order valence-corrected chi connectivity index (χ0v) is 12.1. The second-order valence-corrected chi connectivity index (χ2v) is 5.29. The van der Waals surface area contributed by atoms with Crippen molar-refractivity contribution in [1.29, 1.82) is 0 Å². The van der Waals surface area contributed by atoms with Crippen molar-refractivity contribution in [1.82, 2.24) is 14.5 Å². The van der Waals surface area contributed by atoms with Gasteiger partial charge in [0.25, 0.3) is 0 Å². The summed E-state index contributed by atoms with van der Waals surface area (Å²) in [7, 11) is 1.75. The zero-order valence-electron chi connectivity index (χ0n) is 12.1. The Morgan fingerprint density at radius 1 is 1.47 bits per heavy atom. The highest BCUT2D eigenvalue weighted by Gasteiger charge is 2.32. The van der Waals surface area contributed by atoms with E-state index in [0.717, 1.165) is 39.1 Å². The lowest BCUT2D eigenvalue weighted by atomic mass is 9.94. The minimum Gasteiger partial charge on any atom is -0.383 e. The highest BCUT2D eigenvalue weighted by Crippen LogP contribution is 2.29. The maximum absolute atomic E-state index is 6.37. The van der Waals surface area contributed by atoms with Crippen molar-refractivity contribution in [3.63, 3.8) is 0 Å². The van der Waals surface area contributed by atoms with Crippen LogP contribution in [-0.4, -0.2) is 47.3 Å². The number of piperidine rings is 1. The molecule has 5 nitrogen and oxygen atoms in total. The molecule has 1 aromatic rings. The van der Waals surface area contributed by atoms with Gasteiger partial charge in [0.15, 0.2) is 0 Å². The van der Waals surface area contributed by atoms with Crippen LogP contribution in [0.4, 0.5) is 0 Å². The lowest BCUT2D eigenvalue weighted by molar-refractivity contribution is 0.0810. The third-order valence-corrected chi connectivity index (χ3v) is 3.88. The van der Waals surface area contributed by atoms with Gasteiger partial charge in [-0.15, -0.1) is 0 Å². The molecule has 0 amide bonds. The first kappa shape index (κ1) is 14.5. The number of hydrogen-bond acceptors (Lipinski definition) is 4. The van der Waals surface area contributed by atoms with Crippen LogP contribution in [0.2, 0.25) is 0 Å². The van der Waals surface area contributed by atoms with Crippen LogP contribution >= 0.6 is 0 Å². The molecule has 108 valence electrons. The molecule has 2 N–H and O–H groups in total. The monoisotopic (exact) mass is 266 g/mol. The van der Waals surface area contributed by atoms with Crippen LogP contribution in [0.5, 0.6) is 0 Å². The molecule has 0 aromatic carbocycles.